The minimum absolute atomic E-state index is 0.317. The molecule has 0 saturated carbocycles. The van der Waals surface area contributed by atoms with Crippen LogP contribution in [0.25, 0.3) is 10.9 Å². The van der Waals surface area contributed by atoms with Crippen molar-refractivity contribution in [3.05, 3.63) is 58.4 Å². The number of pyridine rings is 1. The molecule has 2 heterocycles. The Morgan fingerprint density at radius 1 is 1.26 bits per heavy atom. The Hall–Kier alpha value is -3.15. The van der Waals surface area contributed by atoms with Crippen molar-refractivity contribution in [2.75, 3.05) is 12.0 Å². The molecule has 6 nitrogen and oxygen atoms in total. The van der Waals surface area contributed by atoms with Gasteiger partial charge in [0.25, 0.3) is 0 Å². The van der Waals surface area contributed by atoms with Crippen LogP contribution in [0.3, 0.4) is 0 Å². The first-order chi connectivity index (χ1) is 12.9. The lowest BCUT2D eigenvalue weighted by molar-refractivity contribution is 0.0525. The van der Waals surface area contributed by atoms with Gasteiger partial charge in [0.1, 0.15) is 5.82 Å². The van der Waals surface area contributed by atoms with Gasteiger partial charge in [-0.05, 0) is 57.9 Å². The van der Waals surface area contributed by atoms with Crippen LogP contribution in [0.2, 0.25) is 0 Å². The average Bonchev–Trinajstić information content (AvgIpc) is 2.94. The van der Waals surface area contributed by atoms with E-state index in [1.807, 2.05) is 45.0 Å². The molecule has 2 aromatic heterocycles. The van der Waals surface area contributed by atoms with Crippen LogP contribution in [-0.2, 0) is 4.74 Å². The highest BCUT2D eigenvalue weighted by Crippen LogP contribution is 2.21. The fourth-order valence-corrected chi connectivity index (χ4v) is 3.23. The van der Waals surface area contributed by atoms with E-state index in [0.29, 0.717) is 18.0 Å². The molecule has 0 aliphatic heterocycles. The molecule has 27 heavy (non-hydrogen) atoms. The molecule has 3 rings (SSSR count). The summed E-state index contributed by atoms with van der Waals surface area (Å²) in [6.45, 7) is 9.83. The van der Waals surface area contributed by atoms with Gasteiger partial charge in [0.15, 0.2) is 0 Å². The van der Waals surface area contributed by atoms with Gasteiger partial charge in [-0.25, -0.2) is 9.78 Å². The third kappa shape index (κ3) is 3.69. The summed E-state index contributed by atoms with van der Waals surface area (Å²) in [7, 11) is 0. The summed E-state index contributed by atoms with van der Waals surface area (Å²) in [4.78, 5) is 20.0. The minimum Gasteiger partial charge on any atom is -0.462 e. The van der Waals surface area contributed by atoms with Crippen molar-refractivity contribution in [1.82, 2.24) is 9.97 Å². The average molecular weight is 364 g/mol. The maximum absolute atomic E-state index is 12.2. The standard InChI is InChI=1S/C21H24N4O2/c1-6-27-21(26)19-13(3)20(22-14(19)4)15(5)24-25-18-11-12(2)16-9-7-8-10-17(16)23-18/h7-11,22H,6H2,1-5H3,(H,23,25)/b24-15-. The highest BCUT2D eigenvalue weighted by molar-refractivity contribution is 6.03. The van der Waals surface area contributed by atoms with Gasteiger partial charge in [0.2, 0.25) is 0 Å². The lowest BCUT2D eigenvalue weighted by Crippen LogP contribution is -2.07. The lowest BCUT2D eigenvalue weighted by Gasteiger charge is -2.07. The summed E-state index contributed by atoms with van der Waals surface area (Å²) < 4.78 is 5.14. The molecule has 1 aromatic carbocycles. The zero-order valence-corrected chi connectivity index (χ0v) is 16.3. The number of benzene rings is 1. The van der Waals surface area contributed by atoms with Crippen molar-refractivity contribution in [1.29, 1.82) is 0 Å². The number of para-hydroxylation sites is 1. The number of rotatable bonds is 5. The lowest BCUT2D eigenvalue weighted by atomic mass is 10.1. The van der Waals surface area contributed by atoms with E-state index in [1.165, 1.54) is 0 Å². The number of carbonyl (C=O) groups is 1. The topological polar surface area (TPSA) is 79.4 Å². The second kappa shape index (κ2) is 7.61. The number of hydrazone groups is 1. The van der Waals surface area contributed by atoms with Gasteiger partial charge in [-0.2, -0.15) is 5.10 Å². The first kappa shape index (κ1) is 18.6. The van der Waals surface area contributed by atoms with Gasteiger partial charge in [0.05, 0.1) is 29.1 Å². The molecule has 2 N–H and O–H groups in total. The van der Waals surface area contributed by atoms with Crippen LogP contribution >= 0.6 is 0 Å². The first-order valence-corrected chi connectivity index (χ1v) is 8.95. The molecular formula is C21H24N4O2. The summed E-state index contributed by atoms with van der Waals surface area (Å²) in [6.07, 6.45) is 0. The van der Waals surface area contributed by atoms with E-state index in [9.17, 15) is 4.79 Å². The van der Waals surface area contributed by atoms with Gasteiger partial charge < -0.3 is 9.72 Å². The van der Waals surface area contributed by atoms with Crippen LogP contribution in [0, 0.1) is 20.8 Å². The summed E-state index contributed by atoms with van der Waals surface area (Å²) in [5.41, 5.74) is 8.79. The SMILES string of the molecule is CCOC(=O)c1c(C)[nH]c(/C(C)=N\Nc2cc(C)c3ccccc3n2)c1C. The van der Waals surface area contributed by atoms with E-state index in [2.05, 4.69) is 33.5 Å². The number of carbonyl (C=O) groups excluding carboxylic acids is 1. The second-order valence-corrected chi connectivity index (χ2v) is 6.50. The number of fused-ring (bicyclic) bond motifs is 1. The van der Waals surface area contributed by atoms with Crippen molar-refractivity contribution in [3.8, 4) is 0 Å². The molecule has 140 valence electrons. The maximum atomic E-state index is 12.2. The smallest absolute Gasteiger partial charge is 0.340 e. The number of hydrogen-bond donors (Lipinski definition) is 2. The zero-order chi connectivity index (χ0) is 19.6. The molecule has 0 atom stereocenters. The Morgan fingerprint density at radius 2 is 2.00 bits per heavy atom. The van der Waals surface area contributed by atoms with E-state index < -0.39 is 0 Å². The van der Waals surface area contributed by atoms with Crippen molar-refractivity contribution in [3.63, 3.8) is 0 Å². The van der Waals surface area contributed by atoms with Gasteiger partial charge in [-0.15, -0.1) is 0 Å². The normalized spacial score (nSPS) is 11.7. The summed E-state index contributed by atoms with van der Waals surface area (Å²) in [5.74, 6) is 0.361. The Morgan fingerprint density at radius 3 is 2.74 bits per heavy atom. The molecular weight excluding hydrogens is 340 g/mol. The van der Waals surface area contributed by atoms with E-state index in [1.54, 1.807) is 6.92 Å². The molecule has 0 aliphatic carbocycles. The Balaban J connectivity index is 1.89. The van der Waals surface area contributed by atoms with E-state index >= 15 is 0 Å². The summed E-state index contributed by atoms with van der Waals surface area (Å²) >= 11 is 0. The van der Waals surface area contributed by atoms with E-state index in [0.717, 1.165) is 39.1 Å². The maximum Gasteiger partial charge on any atom is 0.340 e. The van der Waals surface area contributed by atoms with Crippen LogP contribution in [0.15, 0.2) is 35.4 Å². The zero-order valence-electron chi connectivity index (χ0n) is 16.3. The number of aryl methyl sites for hydroxylation is 2. The van der Waals surface area contributed by atoms with Gasteiger partial charge in [0, 0.05) is 11.1 Å². The molecule has 0 spiro atoms. The number of nitrogens with one attached hydrogen (secondary N) is 2. The quantitative estimate of drug-likeness (QED) is 0.397. The van der Waals surface area contributed by atoms with Gasteiger partial charge in [-0.1, -0.05) is 18.2 Å². The number of H-pyrrole nitrogens is 1. The van der Waals surface area contributed by atoms with Crippen molar-refractivity contribution in [2.45, 2.75) is 34.6 Å². The number of ether oxygens (including phenoxy) is 1. The molecule has 0 radical (unpaired) electrons. The fraction of sp³-hybridized carbons (Fsp3) is 0.286. The predicted octanol–water partition coefficient (Wildman–Crippen LogP) is 4.50. The number of aromatic nitrogens is 2. The summed E-state index contributed by atoms with van der Waals surface area (Å²) in [6, 6.07) is 9.97. The highest BCUT2D eigenvalue weighted by Gasteiger charge is 2.20. The second-order valence-electron chi connectivity index (χ2n) is 6.50. The fourth-order valence-electron chi connectivity index (χ4n) is 3.23. The Bertz CT molecular complexity index is 1030. The number of esters is 1. The van der Waals surface area contributed by atoms with E-state index in [-0.39, 0.29) is 5.97 Å². The largest absolute Gasteiger partial charge is 0.462 e. The predicted molar refractivity (Wildman–Crippen MR) is 109 cm³/mol. The van der Waals surface area contributed by atoms with Crippen LogP contribution in [0.5, 0.6) is 0 Å². The van der Waals surface area contributed by atoms with Crippen LogP contribution < -0.4 is 5.43 Å². The molecule has 0 aliphatic rings. The Kier molecular flexibility index (Phi) is 5.26. The Labute approximate surface area is 158 Å². The van der Waals surface area contributed by atoms with Crippen molar-refractivity contribution in [2.24, 2.45) is 5.10 Å². The number of hydrogen-bond acceptors (Lipinski definition) is 5. The number of nitrogens with zero attached hydrogens (tertiary/aromatic N) is 2. The third-order valence-electron chi connectivity index (χ3n) is 4.54. The van der Waals surface area contributed by atoms with Crippen molar-refractivity contribution < 1.29 is 9.53 Å². The molecule has 3 aromatic rings. The number of anilines is 1. The molecule has 0 amide bonds. The van der Waals surface area contributed by atoms with Crippen molar-refractivity contribution >= 4 is 28.4 Å². The monoisotopic (exact) mass is 364 g/mol. The number of aromatic amines is 1. The minimum atomic E-state index is -0.317. The van der Waals surface area contributed by atoms with E-state index in [4.69, 9.17) is 4.74 Å². The van der Waals surface area contributed by atoms with Crippen LogP contribution in [-0.4, -0.2) is 28.3 Å². The van der Waals surface area contributed by atoms with Crippen LogP contribution in [0.1, 0.15) is 46.7 Å². The highest BCUT2D eigenvalue weighted by atomic mass is 16.5. The molecule has 0 fully saturated rings. The first-order valence-electron chi connectivity index (χ1n) is 8.95. The third-order valence-corrected chi connectivity index (χ3v) is 4.54. The molecule has 6 heteroatoms. The summed E-state index contributed by atoms with van der Waals surface area (Å²) in [5, 5.41) is 5.58. The van der Waals surface area contributed by atoms with Gasteiger partial charge >= 0.3 is 5.97 Å². The van der Waals surface area contributed by atoms with Crippen LogP contribution in [0.4, 0.5) is 5.82 Å². The molecule has 0 unspecified atom stereocenters. The molecule has 0 bridgehead atoms. The molecule has 0 saturated heterocycles. The van der Waals surface area contributed by atoms with Gasteiger partial charge in [-0.3, -0.25) is 5.43 Å².